The number of fused-ring (bicyclic) bond motifs is 1. The van der Waals surface area contributed by atoms with E-state index in [1.807, 2.05) is 13.8 Å². The van der Waals surface area contributed by atoms with Crippen LogP contribution in [0, 0.1) is 0 Å². The average Bonchev–Trinajstić information content (AvgIpc) is 3.02. The largest absolute Gasteiger partial charge is 0.394 e. The van der Waals surface area contributed by atoms with Crippen LogP contribution in [0.25, 0.3) is 0 Å². The molecule has 2 heterocycles. The molecule has 0 radical (unpaired) electrons. The molecule has 0 amide bonds. The van der Waals surface area contributed by atoms with Crippen LogP contribution in [0.5, 0.6) is 0 Å². The molecule has 0 aliphatic carbocycles. The van der Waals surface area contributed by atoms with Gasteiger partial charge in [-0.3, -0.25) is 0 Å². The summed E-state index contributed by atoms with van der Waals surface area (Å²) in [5.74, 6) is -0.633. The second kappa shape index (κ2) is 10.1. The van der Waals surface area contributed by atoms with Crippen LogP contribution < -0.4 is 0 Å². The number of aliphatic hydroxyl groups excluding tert-OH is 1. The molecule has 0 saturated carbocycles. The summed E-state index contributed by atoms with van der Waals surface area (Å²) in [6.07, 6.45) is 10.4. The highest BCUT2D eigenvalue weighted by atomic mass is 16.8. The SMILES string of the molecule is CCCCCCCCCCCO[C@H]1O[C@H](CO)[C@@H]2OC(C)(C)O[C@H]12. The van der Waals surface area contributed by atoms with E-state index in [2.05, 4.69) is 6.92 Å². The molecule has 5 nitrogen and oxygen atoms in total. The van der Waals surface area contributed by atoms with Crippen molar-refractivity contribution in [2.45, 2.75) is 109 Å². The summed E-state index contributed by atoms with van der Waals surface area (Å²) >= 11 is 0. The normalized spacial score (nSPS) is 31.5. The van der Waals surface area contributed by atoms with Gasteiger partial charge in [-0.2, -0.15) is 0 Å². The molecule has 0 unspecified atom stereocenters. The third kappa shape index (κ3) is 5.95. The molecule has 1 N–H and O–H groups in total. The van der Waals surface area contributed by atoms with Crippen LogP contribution in [0.15, 0.2) is 0 Å². The topological polar surface area (TPSA) is 57.2 Å². The Morgan fingerprint density at radius 2 is 1.46 bits per heavy atom. The Morgan fingerprint density at radius 1 is 0.875 bits per heavy atom. The fraction of sp³-hybridized carbons (Fsp3) is 1.00. The van der Waals surface area contributed by atoms with Gasteiger partial charge in [0.25, 0.3) is 0 Å². The lowest BCUT2D eigenvalue weighted by Gasteiger charge is -2.23. The summed E-state index contributed by atoms with van der Waals surface area (Å²) in [4.78, 5) is 0. The summed E-state index contributed by atoms with van der Waals surface area (Å²) in [7, 11) is 0. The Hall–Kier alpha value is -0.200. The lowest BCUT2D eigenvalue weighted by Crippen LogP contribution is -2.32. The number of rotatable bonds is 12. The highest BCUT2D eigenvalue weighted by Gasteiger charge is 2.55. The maximum absolute atomic E-state index is 9.43. The molecule has 2 aliphatic rings. The van der Waals surface area contributed by atoms with E-state index in [4.69, 9.17) is 18.9 Å². The first-order chi connectivity index (χ1) is 11.6. The van der Waals surface area contributed by atoms with Gasteiger partial charge in [-0.25, -0.2) is 0 Å². The zero-order valence-corrected chi connectivity index (χ0v) is 15.7. The highest BCUT2D eigenvalue weighted by Crippen LogP contribution is 2.38. The van der Waals surface area contributed by atoms with Crippen LogP contribution >= 0.6 is 0 Å². The van der Waals surface area contributed by atoms with Crippen LogP contribution in [0.4, 0.5) is 0 Å². The molecule has 0 aromatic rings. The number of hydrogen-bond donors (Lipinski definition) is 1. The van der Waals surface area contributed by atoms with Crippen molar-refractivity contribution < 1.29 is 24.1 Å². The average molecular weight is 344 g/mol. The molecule has 2 saturated heterocycles. The minimum absolute atomic E-state index is 0.0709. The van der Waals surface area contributed by atoms with Gasteiger partial charge < -0.3 is 24.1 Å². The van der Waals surface area contributed by atoms with Crippen LogP contribution in [-0.4, -0.2) is 48.7 Å². The standard InChI is InChI=1S/C19H36O5/c1-4-5-6-7-8-9-10-11-12-13-21-18-17-16(15(14-20)22-18)23-19(2,3)24-17/h15-18,20H,4-14H2,1-3H3/t15-,16+,17+,18+/m1/s1. The first kappa shape index (κ1) is 20.1. The van der Waals surface area contributed by atoms with Gasteiger partial charge in [-0.15, -0.1) is 0 Å². The Morgan fingerprint density at radius 3 is 2.08 bits per heavy atom. The Kier molecular flexibility index (Phi) is 8.44. The third-order valence-corrected chi connectivity index (χ3v) is 4.82. The van der Waals surface area contributed by atoms with Crippen molar-refractivity contribution in [3.63, 3.8) is 0 Å². The van der Waals surface area contributed by atoms with E-state index < -0.39 is 12.1 Å². The summed E-state index contributed by atoms with van der Waals surface area (Å²) in [6.45, 7) is 6.63. The Labute approximate surface area is 147 Å². The molecule has 0 bridgehead atoms. The maximum atomic E-state index is 9.43. The van der Waals surface area contributed by atoms with Crippen LogP contribution in [0.2, 0.25) is 0 Å². The molecule has 2 rings (SSSR count). The maximum Gasteiger partial charge on any atom is 0.187 e. The molecule has 4 atom stereocenters. The van der Waals surface area contributed by atoms with Gasteiger partial charge in [0.05, 0.1) is 6.61 Å². The van der Waals surface area contributed by atoms with E-state index in [1.54, 1.807) is 0 Å². The van der Waals surface area contributed by atoms with Gasteiger partial charge in [0.1, 0.15) is 18.3 Å². The number of hydrogen-bond acceptors (Lipinski definition) is 5. The lowest BCUT2D eigenvalue weighted by atomic mass is 10.1. The zero-order valence-electron chi connectivity index (χ0n) is 15.7. The van der Waals surface area contributed by atoms with Crippen LogP contribution in [0.3, 0.4) is 0 Å². The first-order valence-corrected chi connectivity index (χ1v) is 9.81. The smallest absolute Gasteiger partial charge is 0.187 e. The summed E-state index contributed by atoms with van der Waals surface area (Å²) in [5.41, 5.74) is 0. The van der Waals surface area contributed by atoms with Crippen molar-refractivity contribution in [2.75, 3.05) is 13.2 Å². The molecule has 5 heteroatoms. The van der Waals surface area contributed by atoms with E-state index >= 15 is 0 Å². The van der Waals surface area contributed by atoms with Gasteiger partial charge in [0.15, 0.2) is 12.1 Å². The van der Waals surface area contributed by atoms with E-state index in [1.165, 1.54) is 51.4 Å². The second-order valence-electron chi connectivity index (χ2n) is 7.49. The minimum atomic E-state index is -0.633. The predicted molar refractivity (Wildman–Crippen MR) is 92.8 cm³/mol. The fourth-order valence-electron chi connectivity index (χ4n) is 3.54. The predicted octanol–water partition coefficient (Wildman–Crippen LogP) is 3.77. The highest BCUT2D eigenvalue weighted by molar-refractivity contribution is 4.94. The Bertz CT molecular complexity index is 347. The fourth-order valence-corrected chi connectivity index (χ4v) is 3.54. The third-order valence-electron chi connectivity index (χ3n) is 4.82. The van der Waals surface area contributed by atoms with E-state index in [-0.39, 0.29) is 24.9 Å². The van der Waals surface area contributed by atoms with Gasteiger partial charge >= 0.3 is 0 Å². The van der Waals surface area contributed by atoms with Gasteiger partial charge in [-0.05, 0) is 20.3 Å². The molecular formula is C19H36O5. The van der Waals surface area contributed by atoms with E-state index in [0.717, 1.165) is 6.42 Å². The van der Waals surface area contributed by atoms with Crippen molar-refractivity contribution >= 4 is 0 Å². The van der Waals surface area contributed by atoms with Crippen molar-refractivity contribution in [2.24, 2.45) is 0 Å². The number of unbranched alkanes of at least 4 members (excludes halogenated alkanes) is 8. The molecular weight excluding hydrogens is 308 g/mol. The van der Waals surface area contributed by atoms with E-state index in [9.17, 15) is 5.11 Å². The monoisotopic (exact) mass is 344 g/mol. The van der Waals surface area contributed by atoms with Crippen LogP contribution in [0.1, 0.15) is 78.6 Å². The van der Waals surface area contributed by atoms with Crippen molar-refractivity contribution in [3.8, 4) is 0 Å². The molecule has 0 spiro atoms. The molecule has 24 heavy (non-hydrogen) atoms. The van der Waals surface area contributed by atoms with Gasteiger partial charge in [0, 0.05) is 6.61 Å². The van der Waals surface area contributed by atoms with Gasteiger partial charge in [-0.1, -0.05) is 58.3 Å². The summed E-state index contributed by atoms with van der Waals surface area (Å²) in [5, 5.41) is 9.43. The summed E-state index contributed by atoms with van der Waals surface area (Å²) < 4.78 is 23.3. The zero-order chi connectivity index (χ0) is 17.4. The molecule has 0 aromatic carbocycles. The van der Waals surface area contributed by atoms with Crippen molar-refractivity contribution in [3.05, 3.63) is 0 Å². The molecule has 2 fully saturated rings. The van der Waals surface area contributed by atoms with Crippen molar-refractivity contribution in [1.82, 2.24) is 0 Å². The second-order valence-corrected chi connectivity index (χ2v) is 7.49. The van der Waals surface area contributed by atoms with Crippen molar-refractivity contribution in [1.29, 1.82) is 0 Å². The van der Waals surface area contributed by atoms with E-state index in [0.29, 0.717) is 6.61 Å². The van der Waals surface area contributed by atoms with Gasteiger partial charge in [0.2, 0.25) is 0 Å². The molecule has 0 aromatic heterocycles. The Balaban J connectivity index is 1.54. The quantitative estimate of drug-likeness (QED) is 0.546. The lowest BCUT2D eigenvalue weighted by molar-refractivity contribution is -0.236. The number of ether oxygens (including phenoxy) is 4. The summed E-state index contributed by atoms with van der Waals surface area (Å²) in [6, 6.07) is 0. The first-order valence-electron chi connectivity index (χ1n) is 9.81. The minimum Gasteiger partial charge on any atom is -0.394 e. The van der Waals surface area contributed by atoms with Crippen LogP contribution in [-0.2, 0) is 18.9 Å². The number of aliphatic hydroxyl groups is 1. The molecule has 142 valence electrons. The molecule has 2 aliphatic heterocycles.